The third-order valence-electron chi connectivity index (χ3n) is 7.57. The lowest BCUT2D eigenvalue weighted by molar-refractivity contribution is -0.154. The third kappa shape index (κ3) is 6.82. The predicted molar refractivity (Wildman–Crippen MR) is 159 cm³/mol. The Bertz CT molecular complexity index is 1700. The van der Waals surface area contributed by atoms with Gasteiger partial charge in [-0.2, -0.15) is 14.6 Å². The number of benzene rings is 1. The van der Waals surface area contributed by atoms with Crippen LogP contribution in [-0.2, 0) is 9.57 Å². The number of nitrogens with zero attached hydrogens (tertiary/aromatic N) is 5. The monoisotopic (exact) mass is 618 g/mol. The summed E-state index contributed by atoms with van der Waals surface area (Å²) >= 11 is 0. The minimum atomic E-state index is -0.774. The highest BCUT2D eigenvalue weighted by atomic mass is 19.1. The third-order valence-corrected chi connectivity index (χ3v) is 7.57. The minimum Gasteiger partial charge on any atom is -0.383 e. The molecular weight excluding hydrogens is 586 g/mol. The van der Waals surface area contributed by atoms with E-state index in [4.69, 9.17) is 14.7 Å². The van der Waals surface area contributed by atoms with E-state index < -0.39 is 35.8 Å². The van der Waals surface area contributed by atoms with Crippen molar-refractivity contribution in [3.05, 3.63) is 89.5 Å². The number of rotatable bonds is 10. The second-order valence-electron chi connectivity index (χ2n) is 10.9. The van der Waals surface area contributed by atoms with E-state index in [1.807, 2.05) is 30.3 Å². The van der Waals surface area contributed by atoms with Crippen LogP contribution in [0.15, 0.2) is 60.9 Å². The Balaban J connectivity index is 1.27. The first kappa shape index (κ1) is 30.2. The molecule has 0 spiro atoms. The molecule has 1 aliphatic heterocycles. The van der Waals surface area contributed by atoms with Crippen molar-refractivity contribution in [2.75, 3.05) is 32.1 Å². The van der Waals surface area contributed by atoms with Crippen LogP contribution in [0.2, 0.25) is 0 Å². The molecule has 3 aromatic heterocycles. The van der Waals surface area contributed by atoms with Gasteiger partial charge in [-0.05, 0) is 55.7 Å². The summed E-state index contributed by atoms with van der Waals surface area (Å²) in [7, 11) is 1.58. The van der Waals surface area contributed by atoms with Crippen molar-refractivity contribution in [1.29, 1.82) is 0 Å². The summed E-state index contributed by atoms with van der Waals surface area (Å²) < 4.78 is 35.8. The molecular formula is C31H32F2N8O4. The standard InChI is InChI=1S/C31H32F2N8O4/c1-18-26(20-14-23(32)27(35-16-20)30(42)36-21-8-9-21)39-41(22-6-4-3-5-7-22)29(18)38-31(43)37-24-17-40(12-13-44-2)45-28(24)19-10-11-34-25(33)15-19/h3-7,10-11,14-16,21,24,28H,8-9,12-13,17H2,1-2H3,(H,36,42)(H2,37,38,43)/t24-,28+/m1/s1. The van der Waals surface area contributed by atoms with Gasteiger partial charge in [0.15, 0.2) is 11.5 Å². The van der Waals surface area contributed by atoms with Crippen LogP contribution in [0.25, 0.3) is 16.9 Å². The van der Waals surface area contributed by atoms with Crippen molar-refractivity contribution >= 4 is 17.8 Å². The van der Waals surface area contributed by atoms with E-state index in [1.54, 1.807) is 29.8 Å². The highest BCUT2D eigenvalue weighted by molar-refractivity contribution is 5.94. The maximum absolute atomic E-state index is 15.1. The van der Waals surface area contributed by atoms with Crippen LogP contribution in [0.5, 0.6) is 0 Å². The fraction of sp³-hybridized carbons (Fsp3) is 0.323. The number of hydroxylamine groups is 2. The average molecular weight is 619 g/mol. The molecule has 1 aromatic carbocycles. The number of aromatic nitrogens is 4. The van der Waals surface area contributed by atoms with E-state index in [0.29, 0.717) is 53.6 Å². The van der Waals surface area contributed by atoms with Gasteiger partial charge in [-0.3, -0.25) is 14.9 Å². The fourth-order valence-corrected chi connectivity index (χ4v) is 5.14. The van der Waals surface area contributed by atoms with Gasteiger partial charge in [0.25, 0.3) is 5.91 Å². The molecule has 4 aromatic rings. The van der Waals surface area contributed by atoms with E-state index in [0.717, 1.165) is 12.8 Å². The van der Waals surface area contributed by atoms with Gasteiger partial charge in [0.2, 0.25) is 5.95 Å². The lowest BCUT2D eigenvalue weighted by Crippen LogP contribution is -2.42. The molecule has 4 heterocycles. The average Bonchev–Trinajstić information content (AvgIpc) is 3.67. The number of nitrogens with one attached hydrogen (secondary N) is 3. The van der Waals surface area contributed by atoms with Gasteiger partial charge in [0.1, 0.15) is 11.9 Å². The van der Waals surface area contributed by atoms with Crippen LogP contribution < -0.4 is 16.0 Å². The number of pyridine rings is 2. The van der Waals surface area contributed by atoms with Crippen LogP contribution in [0, 0.1) is 18.7 Å². The molecule has 14 heteroatoms. The number of methoxy groups -OCH3 is 1. The zero-order valence-electron chi connectivity index (χ0n) is 24.7. The number of para-hydroxylation sites is 1. The summed E-state index contributed by atoms with van der Waals surface area (Å²) in [6.45, 7) is 2.90. The van der Waals surface area contributed by atoms with Crippen molar-refractivity contribution in [3.8, 4) is 16.9 Å². The van der Waals surface area contributed by atoms with E-state index in [9.17, 15) is 14.0 Å². The Kier molecular flexibility index (Phi) is 8.78. The van der Waals surface area contributed by atoms with Crippen molar-refractivity contribution in [3.63, 3.8) is 0 Å². The second-order valence-corrected chi connectivity index (χ2v) is 10.9. The van der Waals surface area contributed by atoms with Gasteiger partial charge in [-0.1, -0.05) is 18.2 Å². The Morgan fingerprint density at radius 1 is 1.09 bits per heavy atom. The SMILES string of the molecule is COCCN1C[C@@H](NC(=O)Nc2c(C)c(-c3cnc(C(=O)NC4CC4)c(F)c3)nn2-c2ccccc2)[C@H](c2ccnc(F)c2)O1. The molecule has 45 heavy (non-hydrogen) atoms. The van der Waals surface area contributed by atoms with Gasteiger partial charge in [0, 0.05) is 49.8 Å². The molecule has 1 saturated heterocycles. The number of hydrogen-bond donors (Lipinski definition) is 3. The molecule has 2 fully saturated rings. The maximum atomic E-state index is 15.1. The largest absolute Gasteiger partial charge is 0.383 e. The highest BCUT2D eigenvalue weighted by Gasteiger charge is 2.37. The quantitative estimate of drug-likeness (QED) is 0.228. The summed E-state index contributed by atoms with van der Waals surface area (Å²) in [5.74, 6) is -1.65. The smallest absolute Gasteiger partial charge is 0.320 e. The van der Waals surface area contributed by atoms with Gasteiger partial charge in [0.05, 0.1) is 24.0 Å². The summed E-state index contributed by atoms with van der Waals surface area (Å²) in [5.41, 5.74) is 2.13. The second kappa shape index (κ2) is 13.1. The van der Waals surface area contributed by atoms with E-state index in [-0.39, 0.29) is 11.7 Å². The van der Waals surface area contributed by atoms with Crippen LogP contribution >= 0.6 is 0 Å². The molecule has 0 unspecified atom stereocenters. The molecule has 0 bridgehead atoms. The predicted octanol–water partition coefficient (Wildman–Crippen LogP) is 3.93. The van der Waals surface area contributed by atoms with Gasteiger partial charge >= 0.3 is 6.03 Å². The number of hydrogen-bond acceptors (Lipinski definition) is 8. The summed E-state index contributed by atoms with van der Waals surface area (Å²) in [6, 6.07) is 12.2. The van der Waals surface area contributed by atoms with E-state index in [2.05, 4.69) is 25.9 Å². The zero-order valence-corrected chi connectivity index (χ0v) is 24.7. The number of halogens is 2. The summed E-state index contributed by atoms with van der Waals surface area (Å²) in [4.78, 5) is 39.7. The Morgan fingerprint density at radius 3 is 2.60 bits per heavy atom. The number of carbonyl (C=O) groups is 2. The van der Waals surface area contributed by atoms with E-state index >= 15 is 4.39 Å². The van der Waals surface area contributed by atoms with Crippen LogP contribution in [0.3, 0.4) is 0 Å². The molecule has 6 rings (SSSR count). The maximum Gasteiger partial charge on any atom is 0.320 e. The number of anilines is 1. The molecule has 2 atom stereocenters. The lowest BCUT2D eigenvalue weighted by Gasteiger charge is -2.19. The first-order chi connectivity index (χ1) is 21.8. The first-order valence-electron chi connectivity index (χ1n) is 14.5. The summed E-state index contributed by atoms with van der Waals surface area (Å²) in [6.07, 6.45) is 3.80. The van der Waals surface area contributed by atoms with Crippen LogP contribution in [-0.4, -0.2) is 75.6 Å². The Hall–Kier alpha value is -4.79. The van der Waals surface area contributed by atoms with Crippen molar-refractivity contribution in [2.24, 2.45) is 0 Å². The number of carbonyl (C=O) groups excluding carboxylic acids is 2. The first-order valence-corrected chi connectivity index (χ1v) is 14.5. The molecule has 2 aliphatic rings. The minimum absolute atomic E-state index is 0.0624. The van der Waals surface area contributed by atoms with Crippen LogP contribution in [0.4, 0.5) is 19.4 Å². The molecule has 3 N–H and O–H groups in total. The number of amides is 3. The number of urea groups is 1. The molecule has 1 aliphatic carbocycles. The van der Waals surface area contributed by atoms with Gasteiger partial charge in [-0.15, -0.1) is 0 Å². The molecule has 12 nitrogen and oxygen atoms in total. The van der Waals surface area contributed by atoms with Crippen molar-refractivity contribution in [2.45, 2.75) is 38.0 Å². The van der Waals surface area contributed by atoms with Crippen molar-refractivity contribution in [1.82, 2.24) is 35.4 Å². The highest BCUT2D eigenvalue weighted by Crippen LogP contribution is 2.32. The molecule has 234 valence electrons. The topological polar surface area (TPSA) is 136 Å². The van der Waals surface area contributed by atoms with Gasteiger partial charge in [-0.25, -0.2) is 23.8 Å². The molecule has 1 saturated carbocycles. The fourth-order valence-electron chi connectivity index (χ4n) is 5.14. The van der Waals surface area contributed by atoms with Crippen LogP contribution in [0.1, 0.15) is 40.6 Å². The number of ether oxygens (including phenoxy) is 1. The Morgan fingerprint density at radius 2 is 1.89 bits per heavy atom. The normalized spacial score (nSPS) is 18.1. The lowest BCUT2D eigenvalue weighted by atomic mass is 10.0. The van der Waals surface area contributed by atoms with Crippen molar-refractivity contribution < 1.29 is 27.9 Å². The van der Waals surface area contributed by atoms with Gasteiger partial charge < -0.3 is 15.4 Å². The molecule has 3 amide bonds. The molecule has 0 radical (unpaired) electrons. The van der Waals surface area contributed by atoms with E-state index in [1.165, 1.54) is 24.5 Å². The zero-order chi connectivity index (χ0) is 31.5. The summed E-state index contributed by atoms with van der Waals surface area (Å²) in [5, 5.41) is 14.9. The Labute approximate surface area is 257 Å².